The van der Waals surface area contributed by atoms with Crippen molar-refractivity contribution in [3.63, 3.8) is 0 Å². The van der Waals surface area contributed by atoms with Crippen molar-refractivity contribution in [1.29, 1.82) is 0 Å². The Morgan fingerprint density at radius 3 is 2.47 bits per heavy atom. The second-order valence-electron chi connectivity index (χ2n) is 9.71. The summed E-state index contributed by atoms with van der Waals surface area (Å²) in [5, 5.41) is 0. The van der Waals surface area contributed by atoms with Gasteiger partial charge in [-0.3, -0.25) is 4.90 Å². The number of methoxy groups -OCH3 is 1. The van der Waals surface area contributed by atoms with Gasteiger partial charge in [-0.05, 0) is 44.9 Å². The lowest BCUT2D eigenvalue weighted by atomic mass is 10.1. The molecular weight excluding hydrogens is 472 g/mol. The van der Waals surface area contributed by atoms with Crippen molar-refractivity contribution >= 4 is 17.8 Å². The van der Waals surface area contributed by atoms with Crippen LogP contribution in [0.4, 0.5) is 13.6 Å². The minimum absolute atomic E-state index is 0.0826. The molecule has 2 aromatic rings. The zero-order valence-corrected chi connectivity index (χ0v) is 21.4. The van der Waals surface area contributed by atoms with Gasteiger partial charge >= 0.3 is 12.1 Å². The molecular formula is C26H32F2N3O5+. The molecule has 0 saturated heterocycles. The van der Waals surface area contributed by atoms with Crippen LogP contribution < -0.4 is 4.74 Å². The standard InChI is InChI=1S/C26H32F2N3O5/c1-16-7-8-18(11-20(16)27)22(35-19-12-21(28)23(29-13-19)24(32)34-6)15-30-9-10-31(17(2)14-30)25(33)36-26(3,4)5/h7-8,11-13,22H,9-10,14-15H2,1-6H3/q+1/t22-/m1/s1. The monoisotopic (exact) mass is 504 g/mol. The number of esters is 1. The molecule has 1 aliphatic rings. The second kappa shape index (κ2) is 11.1. The SMILES string of the molecule is COC(=O)c1ncc(O[C@H](CN2CC[N+](C(=O)OC(C)(C)C)=C(C)C2)c2ccc(C)c(F)c2)cc1F. The van der Waals surface area contributed by atoms with Gasteiger partial charge in [0.05, 0.1) is 26.4 Å². The Hall–Kier alpha value is -3.40. The first-order valence-corrected chi connectivity index (χ1v) is 11.6. The van der Waals surface area contributed by atoms with E-state index in [1.807, 2.05) is 27.7 Å². The molecule has 0 saturated carbocycles. The van der Waals surface area contributed by atoms with E-state index in [1.54, 1.807) is 23.6 Å². The number of carbonyl (C=O) groups excluding carboxylic acids is 2. The summed E-state index contributed by atoms with van der Waals surface area (Å²) in [6, 6.07) is 5.84. The average Bonchev–Trinajstić information content (AvgIpc) is 2.79. The molecule has 0 aliphatic carbocycles. The zero-order valence-electron chi connectivity index (χ0n) is 21.4. The van der Waals surface area contributed by atoms with Gasteiger partial charge in [-0.2, -0.15) is 4.79 Å². The fourth-order valence-electron chi connectivity index (χ4n) is 3.79. The number of hydrogen-bond donors (Lipinski definition) is 0. The predicted octanol–water partition coefficient (Wildman–Crippen LogP) is 4.30. The van der Waals surface area contributed by atoms with Gasteiger partial charge in [-0.15, -0.1) is 4.58 Å². The van der Waals surface area contributed by atoms with Crippen LogP contribution in [0.25, 0.3) is 0 Å². The van der Waals surface area contributed by atoms with Crippen LogP contribution in [0.5, 0.6) is 5.75 Å². The molecule has 0 unspecified atom stereocenters. The Morgan fingerprint density at radius 1 is 1.17 bits per heavy atom. The molecule has 1 aliphatic heterocycles. The summed E-state index contributed by atoms with van der Waals surface area (Å²) >= 11 is 0. The van der Waals surface area contributed by atoms with E-state index in [1.165, 1.54) is 12.3 Å². The van der Waals surface area contributed by atoms with Crippen LogP contribution in [0.2, 0.25) is 0 Å². The van der Waals surface area contributed by atoms with Gasteiger partial charge in [0.15, 0.2) is 23.8 Å². The first-order chi connectivity index (χ1) is 16.9. The summed E-state index contributed by atoms with van der Waals surface area (Å²) in [6.07, 6.45) is 0.150. The predicted molar refractivity (Wildman–Crippen MR) is 129 cm³/mol. The third-order valence-electron chi connectivity index (χ3n) is 5.63. The largest absolute Gasteiger partial charge is 0.596 e. The molecule has 0 bridgehead atoms. The number of hydrogen-bond acceptors (Lipinski definition) is 7. The van der Waals surface area contributed by atoms with E-state index in [0.717, 1.165) is 18.9 Å². The Morgan fingerprint density at radius 2 is 1.89 bits per heavy atom. The van der Waals surface area contributed by atoms with E-state index in [9.17, 15) is 18.4 Å². The maximum atomic E-state index is 14.4. The first kappa shape index (κ1) is 27.2. The number of rotatable bonds is 6. The number of aromatic nitrogens is 1. The number of carbonyl (C=O) groups is 2. The van der Waals surface area contributed by atoms with Crippen LogP contribution >= 0.6 is 0 Å². The number of pyridine rings is 1. The third kappa shape index (κ3) is 6.84. The van der Waals surface area contributed by atoms with Crippen molar-refractivity contribution in [3.8, 4) is 5.75 Å². The number of nitrogens with zero attached hydrogens (tertiary/aromatic N) is 3. The smallest absolute Gasteiger partial charge is 0.483 e. The van der Waals surface area contributed by atoms with Crippen LogP contribution in [0.3, 0.4) is 0 Å². The van der Waals surface area contributed by atoms with Gasteiger partial charge in [-0.1, -0.05) is 12.1 Å². The molecule has 8 nitrogen and oxygen atoms in total. The van der Waals surface area contributed by atoms with Crippen LogP contribution in [-0.4, -0.2) is 71.1 Å². The fraction of sp³-hybridized carbons (Fsp3) is 0.462. The maximum absolute atomic E-state index is 14.4. The Bertz CT molecular complexity index is 1180. The van der Waals surface area contributed by atoms with Crippen molar-refractivity contribution in [1.82, 2.24) is 9.88 Å². The summed E-state index contributed by atoms with van der Waals surface area (Å²) < 4.78 is 46.5. The highest BCUT2D eigenvalue weighted by Gasteiger charge is 2.34. The molecule has 1 aromatic carbocycles. The number of ether oxygens (including phenoxy) is 3. The van der Waals surface area contributed by atoms with Crippen LogP contribution in [0, 0.1) is 18.6 Å². The third-order valence-corrected chi connectivity index (χ3v) is 5.63. The molecule has 10 heteroatoms. The van der Waals surface area contributed by atoms with Crippen LogP contribution in [0.15, 0.2) is 30.5 Å². The van der Waals surface area contributed by atoms with Crippen molar-refractivity contribution in [3.05, 3.63) is 58.9 Å². The molecule has 2 heterocycles. The van der Waals surface area contributed by atoms with E-state index >= 15 is 0 Å². The summed E-state index contributed by atoms with van der Waals surface area (Å²) in [7, 11) is 1.14. The Labute approximate surface area is 209 Å². The van der Waals surface area contributed by atoms with Crippen molar-refractivity contribution < 1.29 is 37.2 Å². The highest BCUT2D eigenvalue weighted by molar-refractivity contribution is 5.87. The lowest BCUT2D eigenvalue weighted by Gasteiger charge is -2.29. The van der Waals surface area contributed by atoms with Crippen molar-refractivity contribution in [2.24, 2.45) is 0 Å². The Kier molecular flexibility index (Phi) is 8.39. The van der Waals surface area contributed by atoms with Crippen LogP contribution in [0.1, 0.15) is 55.4 Å². The zero-order chi connectivity index (χ0) is 26.6. The number of halogens is 2. The molecule has 36 heavy (non-hydrogen) atoms. The van der Waals surface area contributed by atoms with E-state index < -0.39 is 35.3 Å². The molecule has 0 spiro atoms. The molecule has 1 atom stereocenters. The minimum Gasteiger partial charge on any atom is -0.483 e. The van der Waals surface area contributed by atoms with Crippen molar-refractivity contribution in [2.75, 3.05) is 33.3 Å². The van der Waals surface area contributed by atoms with E-state index in [0.29, 0.717) is 37.3 Å². The van der Waals surface area contributed by atoms with Gasteiger partial charge < -0.3 is 14.2 Å². The first-order valence-electron chi connectivity index (χ1n) is 11.6. The number of benzene rings is 1. The molecule has 0 fully saturated rings. The molecule has 194 valence electrons. The lowest BCUT2D eigenvalue weighted by Crippen LogP contribution is -2.48. The highest BCUT2D eigenvalue weighted by Crippen LogP contribution is 2.26. The normalized spacial score (nSPS) is 15.4. The summed E-state index contributed by atoms with van der Waals surface area (Å²) in [4.78, 5) is 30.1. The van der Waals surface area contributed by atoms with Gasteiger partial charge in [0.2, 0.25) is 0 Å². The highest BCUT2D eigenvalue weighted by atomic mass is 19.1. The quantitative estimate of drug-likeness (QED) is 0.429. The summed E-state index contributed by atoms with van der Waals surface area (Å²) in [5.41, 5.74) is 0.798. The van der Waals surface area contributed by atoms with Gasteiger partial charge in [-0.25, -0.2) is 18.6 Å². The van der Waals surface area contributed by atoms with Gasteiger partial charge in [0.25, 0.3) is 0 Å². The topological polar surface area (TPSA) is 81.0 Å². The number of amides is 1. The van der Waals surface area contributed by atoms with Gasteiger partial charge in [0, 0.05) is 19.5 Å². The molecule has 0 radical (unpaired) electrons. The average molecular weight is 505 g/mol. The molecule has 1 aromatic heterocycles. The summed E-state index contributed by atoms with van der Waals surface area (Å²) in [6.45, 7) is 10.7. The second-order valence-corrected chi connectivity index (χ2v) is 9.71. The van der Waals surface area contributed by atoms with E-state index in [4.69, 9.17) is 9.47 Å². The molecule has 1 amide bonds. The minimum atomic E-state index is -0.898. The van der Waals surface area contributed by atoms with E-state index in [-0.39, 0.29) is 11.6 Å². The lowest BCUT2D eigenvalue weighted by molar-refractivity contribution is -0.458. The fourth-order valence-corrected chi connectivity index (χ4v) is 3.79. The maximum Gasteiger partial charge on any atom is 0.596 e. The van der Waals surface area contributed by atoms with Gasteiger partial charge in [0.1, 0.15) is 23.3 Å². The molecule has 3 rings (SSSR count). The van der Waals surface area contributed by atoms with Crippen LogP contribution in [-0.2, 0) is 9.47 Å². The van der Waals surface area contributed by atoms with E-state index in [2.05, 4.69) is 14.6 Å². The van der Waals surface area contributed by atoms with Crippen molar-refractivity contribution in [2.45, 2.75) is 46.3 Å². The Balaban J connectivity index is 1.83. The number of aryl methyl sites for hydroxylation is 1. The summed E-state index contributed by atoms with van der Waals surface area (Å²) in [5.74, 6) is -2.09. The molecule has 0 N–H and O–H groups in total.